The molecule has 1 aromatic rings. The molecule has 0 aliphatic carbocycles. The van der Waals surface area contributed by atoms with Crippen molar-refractivity contribution in [1.29, 1.82) is 0 Å². The first-order valence-electron chi connectivity index (χ1n) is 5.85. The first kappa shape index (κ1) is 14.1. The Labute approximate surface area is 102 Å². The van der Waals surface area contributed by atoms with Crippen LogP contribution in [0.3, 0.4) is 0 Å². The van der Waals surface area contributed by atoms with Crippen molar-refractivity contribution < 1.29 is 14.2 Å². The highest BCUT2D eigenvalue weighted by Crippen LogP contribution is 2.26. The number of rotatable bonds is 5. The second-order valence-corrected chi connectivity index (χ2v) is 5.02. The molecule has 0 spiro atoms. The van der Waals surface area contributed by atoms with Gasteiger partial charge in [-0.2, -0.15) is 0 Å². The molecule has 0 saturated heterocycles. The van der Waals surface area contributed by atoms with E-state index in [1.165, 1.54) is 12.1 Å². The molecule has 1 aromatic carbocycles. The molecule has 0 fully saturated rings. The molecule has 0 bridgehead atoms. The number of hydrogen-bond acceptors (Lipinski definition) is 2. The first-order valence-corrected chi connectivity index (χ1v) is 5.85. The lowest BCUT2D eigenvalue weighted by Crippen LogP contribution is -2.23. The van der Waals surface area contributed by atoms with Gasteiger partial charge in [0.05, 0.1) is 11.7 Å². The maximum Gasteiger partial charge on any atom is 0.123 e. The highest BCUT2D eigenvalue weighted by molar-refractivity contribution is 5.28. The number of benzene rings is 1. The zero-order valence-electron chi connectivity index (χ0n) is 11.0. The summed E-state index contributed by atoms with van der Waals surface area (Å²) in [5.74, 6) is -0.310. The predicted molar refractivity (Wildman–Crippen MR) is 66.4 cm³/mol. The quantitative estimate of drug-likeness (QED) is 0.855. The molecule has 0 aliphatic rings. The van der Waals surface area contributed by atoms with Gasteiger partial charge in [0.15, 0.2) is 0 Å². The van der Waals surface area contributed by atoms with Gasteiger partial charge in [-0.3, -0.25) is 0 Å². The fourth-order valence-electron chi connectivity index (χ4n) is 1.71. The molecule has 0 radical (unpaired) electrons. The molecule has 1 N–H and O–H groups in total. The third-order valence-electron chi connectivity index (χ3n) is 3.17. The SMILES string of the molecule is COC(C)(C)CCC(O)c1cc(F)ccc1C. The molecular formula is C14H21FO2. The van der Waals surface area contributed by atoms with Crippen LogP contribution in [0.25, 0.3) is 0 Å². The lowest BCUT2D eigenvalue weighted by molar-refractivity contribution is 0.00271. The number of methoxy groups -OCH3 is 1. The van der Waals surface area contributed by atoms with Gasteiger partial charge in [-0.05, 0) is 56.9 Å². The number of ether oxygens (including phenoxy) is 1. The lowest BCUT2D eigenvalue weighted by Gasteiger charge is -2.24. The zero-order chi connectivity index (χ0) is 13.1. The Morgan fingerprint density at radius 3 is 2.65 bits per heavy atom. The second kappa shape index (κ2) is 5.61. The van der Waals surface area contributed by atoms with E-state index >= 15 is 0 Å². The average Bonchev–Trinajstić information content (AvgIpc) is 2.29. The average molecular weight is 240 g/mol. The van der Waals surface area contributed by atoms with Gasteiger partial charge >= 0.3 is 0 Å². The number of hydrogen-bond donors (Lipinski definition) is 1. The molecule has 0 heterocycles. The molecule has 96 valence electrons. The van der Waals surface area contributed by atoms with Crippen molar-refractivity contribution in [3.05, 3.63) is 35.1 Å². The molecule has 0 amide bonds. The minimum absolute atomic E-state index is 0.262. The van der Waals surface area contributed by atoms with Crippen LogP contribution in [0.2, 0.25) is 0 Å². The van der Waals surface area contributed by atoms with E-state index in [1.54, 1.807) is 13.2 Å². The number of halogens is 1. The summed E-state index contributed by atoms with van der Waals surface area (Å²) in [6.07, 6.45) is 0.645. The number of aliphatic hydroxyl groups excluding tert-OH is 1. The van der Waals surface area contributed by atoms with Crippen LogP contribution in [-0.4, -0.2) is 17.8 Å². The van der Waals surface area contributed by atoms with Gasteiger partial charge in [-0.25, -0.2) is 4.39 Å². The minimum atomic E-state index is -0.639. The zero-order valence-corrected chi connectivity index (χ0v) is 11.0. The molecule has 3 heteroatoms. The van der Waals surface area contributed by atoms with E-state index in [9.17, 15) is 9.50 Å². The van der Waals surface area contributed by atoms with Gasteiger partial charge in [0.1, 0.15) is 5.82 Å². The van der Waals surface area contributed by atoms with Crippen molar-refractivity contribution in [3.8, 4) is 0 Å². The van der Waals surface area contributed by atoms with Crippen molar-refractivity contribution in [2.24, 2.45) is 0 Å². The Morgan fingerprint density at radius 1 is 1.41 bits per heavy atom. The van der Waals surface area contributed by atoms with Gasteiger partial charge in [-0.15, -0.1) is 0 Å². The van der Waals surface area contributed by atoms with Crippen LogP contribution >= 0.6 is 0 Å². The van der Waals surface area contributed by atoms with Crippen molar-refractivity contribution in [1.82, 2.24) is 0 Å². The Bertz CT molecular complexity index is 374. The lowest BCUT2D eigenvalue weighted by atomic mass is 9.94. The van der Waals surface area contributed by atoms with E-state index in [0.717, 1.165) is 12.0 Å². The van der Waals surface area contributed by atoms with Gasteiger partial charge in [0.2, 0.25) is 0 Å². The van der Waals surface area contributed by atoms with E-state index in [-0.39, 0.29) is 11.4 Å². The third-order valence-corrected chi connectivity index (χ3v) is 3.17. The summed E-state index contributed by atoms with van der Waals surface area (Å²) in [5, 5.41) is 10.1. The van der Waals surface area contributed by atoms with E-state index in [4.69, 9.17) is 4.74 Å². The largest absolute Gasteiger partial charge is 0.388 e. The molecular weight excluding hydrogens is 219 g/mol. The summed E-state index contributed by atoms with van der Waals surface area (Å²) >= 11 is 0. The summed E-state index contributed by atoms with van der Waals surface area (Å²) in [4.78, 5) is 0. The molecule has 0 aliphatic heterocycles. The molecule has 0 saturated carbocycles. The topological polar surface area (TPSA) is 29.5 Å². The van der Waals surface area contributed by atoms with Crippen molar-refractivity contribution >= 4 is 0 Å². The van der Waals surface area contributed by atoms with Crippen LogP contribution < -0.4 is 0 Å². The summed E-state index contributed by atoms with van der Waals surface area (Å²) in [6, 6.07) is 4.50. The summed E-state index contributed by atoms with van der Waals surface area (Å²) in [6.45, 7) is 5.82. The maximum atomic E-state index is 13.1. The van der Waals surface area contributed by atoms with Gasteiger partial charge in [0.25, 0.3) is 0 Å². The molecule has 2 nitrogen and oxygen atoms in total. The molecule has 0 aromatic heterocycles. The summed E-state index contributed by atoms with van der Waals surface area (Å²) in [5.41, 5.74) is 1.31. The van der Waals surface area contributed by atoms with Crippen LogP contribution in [0, 0.1) is 12.7 Å². The molecule has 1 atom stereocenters. The Kier molecular flexibility index (Phi) is 4.66. The Balaban J connectivity index is 2.70. The normalized spacial score (nSPS) is 13.8. The van der Waals surface area contributed by atoms with Crippen molar-refractivity contribution in [3.63, 3.8) is 0 Å². The van der Waals surface area contributed by atoms with Crippen LogP contribution in [0.15, 0.2) is 18.2 Å². The highest BCUT2D eigenvalue weighted by Gasteiger charge is 2.20. The summed E-state index contributed by atoms with van der Waals surface area (Å²) in [7, 11) is 1.65. The van der Waals surface area contributed by atoms with Crippen molar-refractivity contribution in [2.45, 2.75) is 45.3 Å². The van der Waals surface area contributed by atoms with E-state index < -0.39 is 6.10 Å². The van der Waals surface area contributed by atoms with E-state index in [0.29, 0.717) is 12.0 Å². The van der Waals surface area contributed by atoms with Crippen LogP contribution in [0.1, 0.15) is 43.9 Å². The van der Waals surface area contributed by atoms with E-state index in [1.807, 2.05) is 20.8 Å². The fourth-order valence-corrected chi connectivity index (χ4v) is 1.71. The number of aryl methyl sites for hydroxylation is 1. The smallest absolute Gasteiger partial charge is 0.123 e. The fraction of sp³-hybridized carbons (Fsp3) is 0.571. The standard InChI is InChI=1S/C14H21FO2/c1-10-5-6-11(15)9-12(10)13(16)7-8-14(2,3)17-4/h5-6,9,13,16H,7-8H2,1-4H3. The maximum absolute atomic E-state index is 13.1. The van der Waals surface area contributed by atoms with Gasteiger partial charge in [0, 0.05) is 7.11 Å². The molecule has 1 rings (SSSR count). The molecule has 1 unspecified atom stereocenters. The second-order valence-electron chi connectivity index (χ2n) is 5.02. The minimum Gasteiger partial charge on any atom is -0.388 e. The number of aliphatic hydroxyl groups is 1. The first-order chi connectivity index (χ1) is 7.85. The van der Waals surface area contributed by atoms with Crippen molar-refractivity contribution in [2.75, 3.05) is 7.11 Å². The Morgan fingerprint density at radius 2 is 2.06 bits per heavy atom. The van der Waals surface area contributed by atoms with Crippen LogP contribution in [0.5, 0.6) is 0 Å². The molecule has 17 heavy (non-hydrogen) atoms. The Hall–Kier alpha value is -0.930. The monoisotopic (exact) mass is 240 g/mol. The highest BCUT2D eigenvalue weighted by atomic mass is 19.1. The predicted octanol–water partition coefficient (Wildman–Crippen LogP) is 3.37. The van der Waals surface area contributed by atoms with Crippen LogP contribution in [-0.2, 0) is 4.74 Å². The van der Waals surface area contributed by atoms with Crippen LogP contribution in [0.4, 0.5) is 4.39 Å². The third kappa shape index (κ3) is 4.10. The van der Waals surface area contributed by atoms with Gasteiger partial charge < -0.3 is 9.84 Å². The van der Waals surface area contributed by atoms with Gasteiger partial charge in [-0.1, -0.05) is 6.07 Å². The van der Waals surface area contributed by atoms with E-state index in [2.05, 4.69) is 0 Å². The summed E-state index contributed by atoms with van der Waals surface area (Å²) < 4.78 is 18.4.